The Morgan fingerprint density at radius 3 is 2.35 bits per heavy atom. The second-order valence-electron chi connectivity index (χ2n) is 7.91. The molecule has 1 fully saturated rings. The van der Waals surface area contributed by atoms with Crippen molar-refractivity contribution in [2.75, 3.05) is 33.3 Å². The largest absolute Gasteiger partial charge is 0.507 e. The maximum absolute atomic E-state index is 13.5. The molecule has 0 bridgehead atoms. The van der Waals surface area contributed by atoms with Crippen LogP contribution in [-0.2, 0) is 14.3 Å². The van der Waals surface area contributed by atoms with Gasteiger partial charge < -0.3 is 24.1 Å². The molecule has 0 radical (unpaired) electrons. The van der Waals surface area contributed by atoms with E-state index >= 15 is 0 Å². The van der Waals surface area contributed by atoms with Gasteiger partial charge in [0.05, 0.1) is 39.7 Å². The molecule has 1 atom stereocenters. The van der Waals surface area contributed by atoms with Gasteiger partial charge in [-0.2, -0.15) is 0 Å². The molecule has 0 saturated carbocycles. The van der Waals surface area contributed by atoms with Crippen molar-refractivity contribution in [3.63, 3.8) is 0 Å². The van der Waals surface area contributed by atoms with E-state index in [9.17, 15) is 19.5 Å². The number of nitrogens with zero attached hydrogens (tertiary/aromatic N) is 2. The molecule has 2 aromatic carbocycles. The number of hydrogen-bond acceptors (Lipinski definition) is 10. The zero-order valence-corrected chi connectivity index (χ0v) is 21.5. The molecular weight excluding hydrogens is 500 g/mol. The standard InChI is InChI=1S/C26H24N2O8S/c1-13-23(25(32)36-5)37-26(27-13)28-20(17-12-16(34-3)9-10-18(17)35-4)19(22(30)24(28)31)21(29)14-7-6-8-15(11-14)33-2/h6-12,20,29H,1-5H3/b21-19+/t20-/m0/s1. The number of anilines is 1. The van der Waals surface area contributed by atoms with E-state index in [0.29, 0.717) is 28.5 Å². The topological polar surface area (TPSA) is 124 Å². The minimum Gasteiger partial charge on any atom is -0.507 e. The summed E-state index contributed by atoms with van der Waals surface area (Å²) in [6.07, 6.45) is 0. The molecule has 1 amide bonds. The van der Waals surface area contributed by atoms with Crippen molar-refractivity contribution in [2.24, 2.45) is 0 Å². The van der Waals surface area contributed by atoms with E-state index in [1.807, 2.05) is 0 Å². The van der Waals surface area contributed by atoms with Crippen LogP contribution in [0.15, 0.2) is 48.0 Å². The fourth-order valence-electron chi connectivity index (χ4n) is 4.07. The predicted molar refractivity (Wildman–Crippen MR) is 136 cm³/mol. The molecule has 0 unspecified atom stereocenters. The number of aliphatic hydroxyl groups excluding tert-OH is 1. The number of carbonyl (C=O) groups is 3. The van der Waals surface area contributed by atoms with Crippen LogP contribution < -0.4 is 19.1 Å². The summed E-state index contributed by atoms with van der Waals surface area (Å²) >= 11 is 0.904. The molecule has 3 aromatic rings. The van der Waals surface area contributed by atoms with Crippen molar-refractivity contribution < 1.29 is 38.4 Å². The fourth-order valence-corrected chi connectivity index (χ4v) is 5.08. The molecule has 1 N–H and O–H groups in total. The lowest BCUT2D eigenvalue weighted by atomic mass is 9.94. The quantitative estimate of drug-likeness (QED) is 0.212. The number of thiazole rings is 1. The summed E-state index contributed by atoms with van der Waals surface area (Å²) in [5, 5.41) is 11.4. The third-order valence-electron chi connectivity index (χ3n) is 5.88. The third kappa shape index (κ3) is 4.49. The lowest BCUT2D eigenvalue weighted by molar-refractivity contribution is -0.132. The molecular formula is C26H24N2O8S. The number of aromatic nitrogens is 1. The molecule has 37 heavy (non-hydrogen) atoms. The van der Waals surface area contributed by atoms with Crippen LogP contribution in [0, 0.1) is 6.92 Å². The van der Waals surface area contributed by atoms with E-state index in [-0.39, 0.29) is 21.1 Å². The fraction of sp³-hybridized carbons (Fsp3) is 0.231. The van der Waals surface area contributed by atoms with E-state index in [4.69, 9.17) is 18.9 Å². The van der Waals surface area contributed by atoms with Crippen molar-refractivity contribution in [3.8, 4) is 17.2 Å². The Kier molecular flexibility index (Phi) is 7.16. The Morgan fingerprint density at radius 2 is 1.70 bits per heavy atom. The number of carbonyl (C=O) groups excluding carboxylic acids is 3. The highest BCUT2D eigenvalue weighted by Gasteiger charge is 2.49. The molecule has 1 aliphatic heterocycles. The Balaban J connectivity index is 2.01. The summed E-state index contributed by atoms with van der Waals surface area (Å²) in [4.78, 5) is 44.9. The summed E-state index contributed by atoms with van der Waals surface area (Å²) in [6, 6.07) is 10.2. The number of aliphatic hydroxyl groups is 1. The van der Waals surface area contributed by atoms with Crippen LogP contribution in [0.3, 0.4) is 0 Å². The number of rotatable bonds is 7. The van der Waals surface area contributed by atoms with Crippen molar-refractivity contribution in [1.82, 2.24) is 4.98 Å². The molecule has 0 aliphatic carbocycles. The SMILES string of the molecule is COC(=O)c1sc(N2C(=O)C(=O)/C(=C(/O)c3cccc(OC)c3)[C@@H]2c2cc(OC)ccc2OC)nc1C. The number of Topliss-reactive ketones (excluding diaryl/α,β-unsaturated/α-hetero) is 1. The molecule has 0 spiro atoms. The van der Waals surface area contributed by atoms with Gasteiger partial charge in [0.2, 0.25) is 0 Å². The first-order valence-electron chi connectivity index (χ1n) is 11.0. The van der Waals surface area contributed by atoms with E-state index in [1.54, 1.807) is 49.4 Å². The summed E-state index contributed by atoms with van der Waals surface area (Å²) in [5.74, 6) is -1.65. The molecule has 1 aromatic heterocycles. The minimum atomic E-state index is -1.15. The van der Waals surface area contributed by atoms with E-state index in [0.717, 1.165) is 16.2 Å². The number of amides is 1. The average Bonchev–Trinajstić information content (AvgIpc) is 3.43. The number of esters is 1. The van der Waals surface area contributed by atoms with Gasteiger partial charge in [-0.05, 0) is 37.3 Å². The average molecular weight is 525 g/mol. The van der Waals surface area contributed by atoms with Crippen molar-refractivity contribution in [1.29, 1.82) is 0 Å². The molecule has 2 heterocycles. The lowest BCUT2D eigenvalue weighted by Crippen LogP contribution is -2.29. The van der Waals surface area contributed by atoms with Gasteiger partial charge in [0.15, 0.2) is 5.13 Å². The molecule has 1 saturated heterocycles. The molecule has 192 valence electrons. The highest BCUT2D eigenvalue weighted by atomic mass is 32.1. The van der Waals surface area contributed by atoms with Crippen molar-refractivity contribution >= 4 is 39.9 Å². The zero-order chi connectivity index (χ0) is 26.9. The first-order chi connectivity index (χ1) is 17.7. The number of aryl methyl sites for hydroxylation is 1. The first-order valence-corrected chi connectivity index (χ1v) is 11.8. The summed E-state index contributed by atoms with van der Waals surface area (Å²) in [6.45, 7) is 1.60. The van der Waals surface area contributed by atoms with Gasteiger partial charge in [-0.3, -0.25) is 14.5 Å². The monoisotopic (exact) mass is 524 g/mol. The van der Waals surface area contributed by atoms with E-state index in [1.165, 1.54) is 28.4 Å². The molecule has 1 aliphatic rings. The first kappa shape index (κ1) is 25.7. The Morgan fingerprint density at radius 1 is 1.00 bits per heavy atom. The Labute approximate surface area is 216 Å². The summed E-state index contributed by atoms with van der Waals surface area (Å²) in [5.41, 5.74) is 0.794. The summed E-state index contributed by atoms with van der Waals surface area (Å²) < 4.78 is 21.0. The lowest BCUT2D eigenvalue weighted by Gasteiger charge is -2.25. The van der Waals surface area contributed by atoms with E-state index in [2.05, 4.69) is 4.98 Å². The molecule has 11 heteroatoms. The highest BCUT2D eigenvalue weighted by molar-refractivity contribution is 7.17. The molecule has 10 nitrogen and oxygen atoms in total. The van der Waals surface area contributed by atoms with Gasteiger partial charge in [-0.1, -0.05) is 23.5 Å². The van der Waals surface area contributed by atoms with Crippen LogP contribution in [0.25, 0.3) is 5.76 Å². The smallest absolute Gasteiger partial charge is 0.350 e. The number of methoxy groups -OCH3 is 4. The van der Waals surface area contributed by atoms with Gasteiger partial charge in [0, 0.05) is 11.1 Å². The van der Waals surface area contributed by atoms with Crippen molar-refractivity contribution in [2.45, 2.75) is 13.0 Å². The van der Waals surface area contributed by atoms with E-state index < -0.39 is 29.5 Å². The Bertz CT molecular complexity index is 1430. The predicted octanol–water partition coefficient (Wildman–Crippen LogP) is 3.89. The van der Waals surface area contributed by atoms with Crippen LogP contribution in [-0.4, -0.2) is 56.2 Å². The maximum atomic E-state index is 13.5. The van der Waals surface area contributed by atoms with Gasteiger partial charge >= 0.3 is 11.9 Å². The van der Waals surface area contributed by atoms with Crippen molar-refractivity contribution in [3.05, 3.63) is 69.7 Å². The van der Waals surface area contributed by atoms with Crippen LogP contribution in [0.5, 0.6) is 17.2 Å². The number of hydrogen-bond donors (Lipinski definition) is 1. The third-order valence-corrected chi connectivity index (χ3v) is 7.02. The second-order valence-corrected chi connectivity index (χ2v) is 8.89. The highest BCUT2D eigenvalue weighted by Crippen LogP contribution is 2.47. The number of benzene rings is 2. The second kappa shape index (κ2) is 10.3. The molecule has 4 rings (SSSR count). The Hall–Kier alpha value is -4.38. The van der Waals surface area contributed by atoms with Gasteiger partial charge in [-0.25, -0.2) is 9.78 Å². The van der Waals surface area contributed by atoms with Crippen LogP contribution in [0.1, 0.15) is 32.5 Å². The number of ether oxygens (including phenoxy) is 4. The van der Waals surface area contributed by atoms with Crippen LogP contribution in [0.4, 0.5) is 5.13 Å². The minimum absolute atomic E-state index is 0.0829. The van der Waals surface area contributed by atoms with Crippen LogP contribution in [0.2, 0.25) is 0 Å². The maximum Gasteiger partial charge on any atom is 0.350 e. The number of ketones is 1. The van der Waals surface area contributed by atoms with Crippen LogP contribution >= 0.6 is 11.3 Å². The zero-order valence-electron chi connectivity index (χ0n) is 20.7. The van der Waals surface area contributed by atoms with Gasteiger partial charge in [0.1, 0.15) is 33.9 Å². The summed E-state index contributed by atoms with van der Waals surface area (Å²) in [7, 11) is 5.64. The van der Waals surface area contributed by atoms with Gasteiger partial charge in [-0.15, -0.1) is 0 Å². The van der Waals surface area contributed by atoms with Gasteiger partial charge in [0.25, 0.3) is 5.78 Å². The normalized spacial score (nSPS) is 16.6.